The Labute approximate surface area is 120 Å². The standard InChI is InChI=1S/C16H32O2Si/c1-15(2,3)19(5,6)18-13-9-11-14-10-7-8-12-16(14,4)17/h9,11,14,17H,7-8,10,12-13H2,1-6H3/b11-9+/t14-,16+/m1/s1. The number of rotatable bonds is 4. The minimum absolute atomic E-state index is 0.261. The Morgan fingerprint density at radius 2 is 1.95 bits per heavy atom. The van der Waals surface area contributed by atoms with Crippen LogP contribution >= 0.6 is 0 Å². The van der Waals surface area contributed by atoms with E-state index in [1.54, 1.807) is 0 Å². The van der Waals surface area contributed by atoms with Crippen LogP contribution in [0.15, 0.2) is 12.2 Å². The summed E-state index contributed by atoms with van der Waals surface area (Å²) < 4.78 is 6.12. The van der Waals surface area contributed by atoms with E-state index in [4.69, 9.17) is 4.43 Å². The third-order valence-corrected chi connectivity index (χ3v) is 9.46. The highest BCUT2D eigenvalue weighted by Gasteiger charge is 2.37. The van der Waals surface area contributed by atoms with Gasteiger partial charge >= 0.3 is 0 Å². The first-order valence-corrected chi connectivity index (χ1v) is 10.5. The van der Waals surface area contributed by atoms with Gasteiger partial charge in [0, 0.05) is 5.92 Å². The van der Waals surface area contributed by atoms with Gasteiger partial charge < -0.3 is 9.53 Å². The molecule has 112 valence electrons. The van der Waals surface area contributed by atoms with Crippen molar-refractivity contribution in [3.05, 3.63) is 12.2 Å². The zero-order valence-electron chi connectivity index (χ0n) is 13.6. The van der Waals surface area contributed by atoms with Crippen molar-refractivity contribution in [2.24, 2.45) is 5.92 Å². The number of aliphatic hydroxyl groups is 1. The van der Waals surface area contributed by atoms with Crippen LogP contribution in [0.1, 0.15) is 53.4 Å². The zero-order valence-corrected chi connectivity index (χ0v) is 14.6. The molecule has 0 radical (unpaired) electrons. The lowest BCUT2D eigenvalue weighted by molar-refractivity contribution is -0.0123. The average Bonchev–Trinajstić information content (AvgIpc) is 2.24. The summed E-state index contributed by atoms with van der Waals surface area (Å²) in [6.07, 6.45) is 8.69. The van der Waals surface area contributed by atoms with Gasteiger partial charge in [-0.1, -0.05) is 45.8 Å². The number of hydrogen-bond donors (Lipinski definition) is 1. The first kappa shape index (κ1) is 16.9. The van der Waals surface area contributed by atoms with Crippen molar-refractivity contribution in [3.63, 3.8) is 0 Å². The van der Waals surface area contributed by atoms with E-state index in [2.05, 4.69) is 46.0 Å². The van der Waals surface area contributed by atoms with Crippen LogP contribution in [-0.2, 0) is 4.43 Å². The van der Waals surface area contributed by atoms with Gasteiger partial charge in [-0.3, -0.25) is 0 Å². The van der Waals surface area contributed by atoms with Crippen LogP contribution in [0.2, 0.25) is 18.1 Å². The topological polar surface area (TPSA) is 29.5 Å². The maximum absolute atomic E-state index is 10.3. The van der Waals surface area contributed by atoms with E-state index in [0.717, 1.165) is 19.3 Å². The van der Waals surface area contributed by atoms with Gasteiger partial charge in [-0.05, 0) is 37.9 Å². The second-order valence-electron chi connectivity index (χ2n) is 7.71. The van der Waals surface area contributed by atoms with Gasteiger partial charge in [-0.25, -0.2) is 0 Å². The van der Waals surface area contributed by atoms with Crippen LogP contribution in [0.3, 0.4) is 0 Å². The normalized spacial score (nSPS) is 29.9. The second kappa shape index (κ2) is 6.11. The summed E-state index contributed by atoms with van der Waals surface area (Å²) in [7, 11) is -1.64. The molecule has 0 unspecified atom stereocenters. The molecule has 0 bridgehead atoms. The molecule has 2 nitrogen and oxygen atoms in total. The van der Waals surface area contributed by atoms with Gasteiger partial charge in [0.15, 0.2) is 8.32 Å². The smallest absolute Gasteiger partial charge is 0.192 e. The molecule has 1 saturated carbocycles. The second-order valence-corrected chi connectivity index (χ2v) is 12.5. The Balaban J connectivity index is 2.46. The fourth-order valence-corrected chi connectivity index (χ4v) is 3.29. The molecular formula is C16H32O2Si. The molecule has 0 heterocycles. The van der Waals surface area contributed by atoms with Crippen molar-refractivity contribution in [2.45, 2.75) is 77.1 Å². The molecule has 1 aliphatic carbocycles. The summed E-state index contributed by atoms with van der Waals surface area (Å²) in [6, 6.07) is 0. The average molecular weight is 285 g/mol. The molecule has 0 saturated heterocycles. The SMILES string of the molecule is CC(C)(C)[Si](C)(C)OC/C=C/[C@H]1CCCC[C@]1(C)O. The molecule has 0 spiro atoms. The van der Waals surface area contributed by atoms with E-state index in [-0.39, 0.29) is 5.04 Å². The highest BCUT2D eigenvalue weighted by molar-refractivity contribution is 6.74. The zero-order chi connectivity index (χ0) is 14.7. The molecule has 19 heavy (non-hydrogen) atoms. The summed E-state index contributed by atoms with van der Waals surface area (Å²) >= 11 is 0. The Morgan fingerprint density at radius 3 is 2.47 bits per heavy atom. The van der Waals surface area contributed by atoms with Gasteiger partial charge in [-0.2, -0.15) is 0 Å². The Hall–Kier alpha value is -0.123. The maximum atomic E-state index is 10.3. The maximum Gasteiger partial charge on any atom is 0.192 e. The molecule has 1 rings (SSSR count). The lowest BCUT2D eigenvalue weighted by atomic mass is 9.76. The molecule has 1 N–H and O–H groups in total. The van der Waals surface area contributed by atoms with Gasteiger partial charge in [0.05, 0.1) is 12.2 Å². The fraction of sp³-hybridized carbons (Fsp3) is 0.875. The van der Waals surface area contributed by atoms with Crippen molar-refractivity contribution in [2.75, 3.05) is 6.61 Å². The Morgan fingerprint density at radius 1 is 1.32 bits per heavy atom. The van der Waals surface area contributed by atoms with Crippen LogP contribution in [0.25, 0.3) is 0 Å². The van der Waals surface area contributed by atoms with E-state index < -0.39 is 13.9 Å². The molecule has 0 aromatic heterocycles. The molecule has 0 aromatic carbocycles. The summed E-state index contributed by atoms with van der Waals surface area (Å²) in [6.45, 7) is 14.0. The predicted molar refractivity (Wildman–Crippen MR) is 84.9 cm³/mol. The highest BCUT2D eigenvalue weighted by atomic mass is 28.4. The van der Waals surface area contributed by atoms with E-state index in [1.165, 1.54) is 6.42 Å². The molecule has 0 aliphatic heterocycles. The Bertz CT molecular complexity index is 313. The van der Waals surface area contributed by atoms with Crippen LogP contribution < -0.4 is 0 Å². The molecule has 1 aliphatic rings. The third-order valence-electron chi connectivity index (χ3n) is 4.96. The lowest BCUT2D eigenvalue weighted by Gasteiger charge is -2.36. The van der Waals surface area contributed by atoms with E-state index >= 15 is 0 Å². The van der Waals surface area contributed by atoms with Crippen LogP contribution in [0.5, 0.6) is 0 Å². The quantitative estimate of drug-likeness (QED) is 0.608. The van der Waals surface area contributed by atoms with Gasteiger partial charge in [0.1, 0.15) is 0 Å². The minimum atomic E-state index is -1.64. The summed E-state index contributed by atoms with van der Waals surface area (Å²) in [4.78, 5) is 0. The van der Waals surface area contributed by atoms with E-state index in [1.807, 2.05) is 6.92 Å². The van der Waals surface area contributed by atoms with Crippen molar-refractivity contribution >= 4 is 8.32 Å². The Kier molecular flexibility index (Phi) is 5.44. The molecule has 1 fully saturated rings. The van der Waals surface area contributed by atoms with Gasteiger partial charge in [-0.15, -0.1) is 0 Å². The minimum Gasteiger partial charge on any atom is -0.413 e. The van der Waals surface area contributed by atoms with Crippen LogP contribution in [0.4, 0.5) is 0 Å². The van der Waals surface area contributed by atoms with E-state index in [0.29, 0.717) is 12.5 Å². The fourth-order valence-electron chi connectivity index (χ4n) is 2.34. The molecule has 2 atom stereocenters. The van der Waals surface area contributed by atoms with E-state index in [9.17, 15) is 5.11 Å². The predicted octanol–water partition coefficient (Wildman–Crippen LogP) is 4.51. The highest BCUT2D eigenvalue weighted by Crippen LogP contribution is 2.37. The van der Waals surface area contributed by atoms with Crippen molar-refractivity contribution < 1.29 is 9.53 Å². The first-order chi connectivity index (χ1) is 8.56. The molecule has 3 heteroatoms. The van der Waals surface area contributed by atoms with Crippen molar-refractivity contribution in [3.8, 4) is 0 Å². The largest absolute Gasteiger partial charge is 0.413 e. The van der Waals surface area contributed by atoms with Crippen molar-refractivity contribution in [1.29, 1.82) is 0 Å². The third kappa shape index (κ3) is 4.73. The van der Waals surface area contributed by atoms with Crippen molar-refractivity contribution in [1.82, 2.24) is 0 Å². The molecule has 0 amide bonds. The van der Waals surface area contributed by atoms with Gasteiger partial charge in [0.25, 0.3) is 0 Å². The van der Waals surface area contributed by atoms with Crippen LogP contribution in [-0.4, -0.2) is 25.6 Å². The molecular weight excluding hydrogens is 252 g/mol. The van der Waals surface area contributed by atoms with Crippen LogP contribution in [0, 0.1) is 5.92 Å². The van der Waals surface area contributed by atoms with Gasteiger partial charge in [0.2, 0.25) is 0 Å². The monoisotopic (exact) mass is 284 g/mol. The first-order valence-electron chi connectivity index (χ1n) is 7.59. The lowest BCUT2D eigenvalue weighted by Crippen LogP contribution is -2.40. The number of hydrogen-bond acceptors (Lipinski definition) is 2. The summed E-state index contributed by atoms with van der Waals surface area (Å²) in [5.41, 5.74) is -0.522. The molecule has 0 aromatic rings. The summed E-state index contributed by atoms with van der Waals surface area (Å²) in [5.74, 6) is 0.296. The summed E-state index contributed by atoms with van der Waals surface area (Å²) in [5, 5.41) is 10.6.